The van der Waals surface area contributed by atoms with Gasteiger partial charge in [-0.1, -0.05) is 36.8 Å². The molecule has 1 aromatic rings. The molecule has 3 heteroatoms. The van der Waals surface area contributed by atoms with Gasteiger partial charge in [0, 0.05) is 7.05 Å². The van der Waals surface area contributed by atoms with Gasteiger partial charge in [0.15, 0.2) is 0 Å². The summed E-state index contributed by atoms with van der Waals surface area (Å²) in [5.74, 6) is 0.140. The summed E-state index contributed by atoms with van der Waals surface area (Å²) in [6, 6.07) is 9.89. The minimum atomic E-state index is -0.348. The molecule has 0 saturated heterocycles. The number of benzene rings is 1. The van der Waals surface area contributed by atoms with Crippen LogP contribution < -0.4 is 0 Å². The van der Waals surface area contributed by atoms with Crippen molar-refractivity contribution >= 4 is 5.91 Å². The van der Waals surface area contributed by atoms with E-state index in [2.05, 4.69) is 0 Å². The van der Waals surface area contributed by atoms with E-state index >= 15 is 0 Å². The lowest BCUT2D eigenvalue weighted by Gasteiger charge is -2.44. The number of carbonyl (C=O) groups is 1. The molecule has 0 aromatic heterocycles. The van der Waals surface area contributed by atoms with E-state index in [4.69, 9.17) is 0 Å². The maximum Gasteiger partial charge on any atom is 0.233 e. The van der Waals surface area contributed by atoms with Gasteiger partial charge in [-0.05, 0) is 25.3 Å². The quantitative estimate of drug-likeness (QED) is 0.883. The minimum Gasteiger partial charge on any atom is -0.394 e. The van der Waals surface area contributed by atoms with Gasteiger partial charge in [0.25, 0.3) is 0 Å². The fourth-order valence-corrected chi connectivity index (χ4v) is 2.57. The molecule has 98 valence electrons. The Hall–Kier alpha value is -1.35. The van der Waals surface area contributed by atoms with Gasteiger partial charge in [-0.2, -0.15) is 0 Å². The molecule has 0 radical (unpaired) electrons. The van der Waals surface area contributed by atoms with E-state index in [0.29, 0.717) is 0 Å². The average molecular weight is 247 g/mol. The lowest BCUT2D eigenvalue weighted by Crippen LogP contribution is -2.52. The maximum absolute atomic E-state index is 12.7. The number of aliphatic hydroxyl groups is 1. The fraction of sp³-hybridized carbons (Fsp3) is 0.533. The van der Waals surface area contributed by atoms with Crippen molar-refractivity contribution in [2.24, 2.45) is 0 Å². The molecule has 0 heterocycles. The van der Waals surface area contributed by atoms with Gasteiger partial charge < -0.3 is 10.0 Å². The summed E-state index contributed by atoms with van der Waals surface area (Å²) in [7, 11) is 1.78. The molecule has 18 heavy (non-hydrogen) atoms. The molecular weight excluding hydrogens is 226 g/mol. The van der Waals surface area contributed by atoms with Gasteiger partial charge in [-0.15, -0.1) is 0 Å². The predicted octanol–water partition coefficient (Wildman–Crippen LogP) is 1.95. The van der Waals surface area contributed by atoms with Crippen LogP contribution >= 0.6 is 0 Å². The summed E-state index contributed by atoms with van der Waals surface area (Å²) in [6.45, 7) is 1.88. The number of rotatable bonds is 4. The zero-order chi connectivity index (χ0) is 13.2. The van der Waals surface area contributed by atoms with Crippen LogP contribution in [0.3, 0.4) is 0 Å². The first-order chi connectivity index (χ1) is 8.62. The van der Waals surface area contributed by atoms with Gasteiger partial charge in [0.05, 0.1) is 18.1 Å². The van der Waals surface area contributed by atoms with E-state index in [-0.39, 0.29) is 24.0 Å². The third-order valence-electron chi connectivity index (χ3n) is 4.19. The van der Waals surface area contributed by atoms with Crippen molar-refractivity contribution < 1.29 is 9.90 Å². The Morgan fingerprint density at radius 3 is 2.44 bits per heavy atom. The molecule has 1 N–H and O–H groups in total. The van der Waals surface area contributed by atoms with Crippen LogP contribution in [0.1, 0.15) is 31.7 Å². The molecule has 1 fully saturated rings. The second-order valence-corrected chi connectivity index (χ2v) is 5.25. The third kappa shape index (κ3) is 2.03. The smallest absolute Gasteiger partial charge is 0.233 e. The van der Waals surface area contributed by atoms with Crippen LogP contribution in [0, 0.1) is 0 Å². The van der Waals surface area contributed by atoms with Gasteiger partial charge in [0.2, 0.25) is 5.91 Å². The number of nitrogens with zero attached hydrogens (tertiary/aromatic N) is 1. The Bertz CT molecular complexity index is 412. The number of amides is 1. The summed E-state index contributed by atoms with van der Waals surface area (Å²) in [4.78, 5) is 14.3. The fourth-order valence-electron chi connectivity index (χ4n) is 2.57. The van der Waals surface area contributed by atoms with Crippen LogP contribution in [0.25, 0.3) is 0 Å². The molecule has 1 amide bonds. The molecule has 1 aliphatic carbocycles. The van der Waals surface area contributed by atoms with Crippen molar-refractivity contribution in [1.29, 1.82) is 0 Å². The summed E-state index contributed by atoms with van der Waals surface area (Å²) in [5, 5.41) is 9.19. The number of likely N-dealkylation sites (N-methyl/N-ethyl adjacent to an activating group) is 1. The van der Waals surface area contributed by atoms with E-state index in [9.17, 15) is 9.90 Å². The van der Waals surface area contributed by atoms with Gasteiger partial charge >= 0.3 is 0 Å². The molecule has 1 atom stereocenters. The van der Waals surface area contributed by atoms with E-state index in [0.717, 1.165) is 24.8 Å². The van der Waals surface area contributed by atoms with Crippen molar-refractivity contribution in [2.75, 3.05) is 13.7 Å². The zero-order valence-corrected chi connectivity index (χ0v) is 11.1. The first-order valence-electron chi connectivity index (χ1n) is 6.55. The Labute approximate surface area is 108 Å². The van der Waals surface area contributed by atoms with Crippen LogP contribution in [0.15, 0.2) is 30.3 Å². The Balaban J connectivity index is 2.26. The monoisotopic (exact) mass is 247 g/mol. The van der Waals surface area contributed by atoms with Crippen LogP contribution in [0.2, 0.25) is 0 Å². The Morgan fingerprint density at radius 1 is 1.39 bits per heavy atom. The highest BCUT2D eigenvalue weighted by Crippen LogP contribution is 2.45. The Morgan fingerprint density at radius 2 is 2.00 bits per heavy atom. The highest BCUT2D eigenvalue weighted by atomic mass is 16.3. The molecular formula is C15H21NO2. The van der Waals surface area contributed by atoms with Crippen LogP contribution in [0.4, 0.5) is 0 Å². The van der Waals surface area contributed by atoms with E-state index in [1.165, 1.54) is 0 Å². The van der Waals surface area contributed by atoms with Crippen LogP contribution in [-0.2, 0) is 10.2 Å². The van der Waals surface area contributed by atoms with Gasteiger partial charge in [-0.25, -0.2) is 0 Å². The molecule has 1 unspecified atom stereocenters. The number of aliphatic hydroxyl groups excluding tert-OH is 1. The summed E-state index contributed by atoms with van der Waals surface area (Å²) in [6.07, 6.45) is 2.93. The lowest BCUT2D eigenvalue weighted by molar-refractivity contribution is -0.142. The number of carbonyl (C=O) groups excluding carboxylic acids is 1. The lowest BCUT2D eigenvalue weighted by atomic mass is 9.63. The van der Waals surface area contributed by atoms with Crippen LogP contribution in [-0.4, -0.2) is 35.6 Å². The maximum atomic E-state index is 12.7. The SMILES string of the molecule is CC(CO)N(C)C(=O)C1(c2ccccc2)CCC1. The van der Waals surface area contributed by atoms with Crippen molar-refractivity contribution in [3.05, 3.63) is 35.9 Å². The topological polar surface area (TPSA) is 40.5 Å². The first-order valence-corrected chi connectivity index (χ1v) is 6.55. The minimum absolute atomic E-state index is 0.00705. The standard InChI is InChI=1S/C15H21NO2/c1-12(11-17)16(2)14(18)15(9-6-10-15)13-7-4-3-5-8-13/h3-5,7-8,12,17H,6,9-11H2,1-2H3. The molecule has 0 spiro atoms. The molecule has 1 aromatic carbocycles. The van der Waals surface area contributed by atoms with E-state index in [1.54, 1.807) is 11.9 Å². The van der Waals surface area contributed by atoms with E-state index < -0.39 is 0 Å². The second-order valence-electron chi connectivity index (χ2n) is 5.25. The number of hydrogen-bond acceptors (Lipinski definition) is 2. The van der Waals surface area contributed by atoms with Crippen LogP contribution in [0.5, 0.6) is 0 Å². The van der Waals surface area contributed by atoms with Crippen molar-refractivity contribution in [2.45, 2.75) is 37.6 Å². The largest absolute Gasteiger partial charge is 0.394 e. The molecule has 1 aliphatic rings. The third-order valence-corrected chi connectivity index (χ3v) is 4.19. The zero-order valence-electron chi connectivity index (χ0n) is 11.1. The van der Waals surface area contributed by atoms with Crippen molar-refractivity contribution in [3.63, 3.8) is 0 Å². The first kappa shape index (κ1) is 13.1. The number of hydrogen-bond donors (Lipinski definition) is 1. The molecule has 1 saturated carbocycles. The van der Waals surface area contributed by atoms with Crippen molar-refractivity contribution in [3.8, 4) is 0 Å². The predicted molar refractivity (Wildman–Crippen MR) is 71.3 cm³/mol. The normalized spacial score (nSPS) is 18.8. The highest BCUT2D eigenvalue weighted by Gasteiger charge is 2.47. The summed E-state index contributed by atoms with van der Waals surface area (Å²) < 4.78 is 0. The highest BCUT2D eigenvalue weighted by molar-refractivity contribution is 5.89. The molecule has 2 rings (SSSR count). The van der Waals surface area contributed by atoms with Gasteiger partial charge in [-0.3, -0.25) is 4.79 Å². The molecule has 0 aliphatic heterocycles. The second kappa shape index (κ2) is 5.11. The van der Waals surface area contributed by atoms with Gasteiger partial charge in [0.1, 0.15) is 0 Å². The van der Waals surface area contributed by atoms with E-state index in [1.807, 2.05) is 37.3 Å². The molecule has 3 nitrogen and oxygen atoms in total. The summed E-state index contributed by atoms with van der Waals surface area (Å²) >= 11 is 0. The molecule has 0 bridgehead atoms. The van der Waals surface area contributed by atoms with Crippen molar-refractivity contribution in [1.82, 2.24) is 4.90 Å². The average Bonchev–Trinajstić information content (AvgIpc) is 2.36. The summed E-state index contributed by atoms with van der Waals surface area (Å²) in [5.41, 5.74) is 0.762. The Kier molecular flexibility index (Phi) is 3.71.